The number of benzene rings is 3. The molecule has 0 aliphatic carbocycles. The molecule has 1 heterocycles. The molecule has 2 amide bonds. The second-order valence-corrected chi connectivity index (χ2v) is 8.49. The molecule has 0 aliphatic heterocycles. The van der Waals surface area contributed by atoms with E-state index < -0.39 is 17.5 Å². The molecule has 4 rings (SSSR count). The number of hydrogen-bond donors (Lipinski definition) is 1. The molecule has 1 aromatic heterocycles. The number of anilines is 1. The van der Waals surface area contributed by atoms with Gasteiger partial charge in [0.2, 0.25) is 5.91 Å². The third-order valence-corrected chi connectivity index (χ3v) is 5.67. The first-order valence-corrected chi connectivity index (χ1v) is 11.5. The van der Waals surface area contributed by atoms with Crippen molar-refractivity contribution in [3.63, 3.8) is 0 Å². The lowest BCUT2D eigenvalue weighted by atomic mass is 10.1. The predicted octanol–water partition coefficient (Wildman–Crippen LogP) is 5.37. The highest BCUT2D eigenvalue weighted by molar-refractivity contribution is 6.06. The van der Waals surface area contributed by atoms with E-state index in [0.717, 1.165) is 28.8 Å². The fraction of sp³-hybridized carbons (Fsp3) is 0.138. The zero-order valence-corrected chi connectivity index (χ0v) is 19.7. The van der Waals surface area contributed by atoms with Crippen LogP contribution in [0.4, 0.5) is 14.5 Å². The second-order valence-electron chi connectivity index (χ2n) is 8.49. The van der Waals surface area contributed by atoms with Crippen molar-refractivity contribution in [3.8, 4) is 0 Å². The first-order chi connectivity index (χ1) is 17.4. The van der Waals surface area contributed by atoms with Gasteiger partial charge in [-0.3, -0.25) is 14.6 Å². The van der Waals surface area contributed by atoms with Crippen LogP contribution in [0.25, 0.3) is 0 Å². The minimum atomic E-state index is -0.931. The Hall–Kier alpha value is -4.39. The molecule has 0 aliphatic rings. The molecule has 0 radical (unpaired) electrons. The fourth-order valence-corrected chi connectivity index (χ4v) is 3.75. The number of carbonyl (C=O) groups excluding carboxylic acids is 2. The highest BCUT2D eigenvalue weighted by atomic mass is 19.1. The summed E-state index contributed by atoms with van der Waals surface area (Å²) in [7, 11) is 0. The Bertz CT molecular complexity index is 1360. The molecule has 182 valence electrons. The molecule has 5 nitrogen and oxygen atoms in total. The van der Waals surface area contributed by atoms with Crippen molar-refractivity contribution in [1.29, 1.82) is 0 Å². The van der Waals surface area contributed by atoms with Crippen LogP contribution in [0.3, 0.4) is 0 Å². The number of rotatable bonds is 8. The molecule has 7 heteroatoms. The molecule has 36 heavy (non-hydrogen) atoms. The SMILES string of the molecule is Cc1ccc(CN(C(=O)c2ccc(F)cc2F)c2cccc(CC(=O)NCc3cccnc3)c2)cc1. The van der Waals surface area contributed by atoms with Crippen molar-refractivity contribution in [2.45, 2.75) is 26.4 Å². The summed E-state index contributed by atoms with van der Waals surface area (Å²) in [6, 6.07) is 21.2. The zero-order chi connectivity index (χ0) is 25.5. The molecule has 0 spiro atoms. The Morgan fingerprint density at radius 1 is 0.889 bits per heavy atom. The number of amides is 2. The maximum absolute atomic E-state index is 14.5. The molecule has 0 atom stereocenters. The number of aromatic nitrogens is 1. The van der Waals surface area contributed by atoms with E-state index in [1.807, 2.05) is 37.3 Å². The molecule has 1 N–H and O–H groups in total. The van der Waals surface area contributed by atoms with Crippen molar-refractivity contribution >= 4 is 17.5 Å². The Labute approximate surface area is 208 Å². The molecule has 3 aromatic carbocycles. The van der Waals surface area contributed by atoms with Gasteiger partial charge in [0, 0.05) is 30.7 Å². The topological polar surface area (TPSA) is 62.3 Å². The lowest BCUT2D eigenvalue weighted by molar-refractivity contribution is -0.120. The van der Waals surface area contributed by atoms with E-state index >= 15 is 0 Å². The lowest BCUT2D eigenvalue weighted by Gasteiger charge is -2.24. The van der Waals surface area contributed by atoms with Gasteiger partial charge in [-0.15, -0.1) is 0 Å². The summed E-state index contributed by atoms with van der Waals surface area (Å²) in [6.07, 6.45) is 3.45. The average Bonchev–Trinajstić information content (AvgIpc) is 2.87. The van der Waals surface area contributed by atoms with E-state index in [1.54, 1.807) is 42.7 Å². The van der Waals surface area contributed by atoms with Crippen LogP contribution in [0.1, 0.15) is 32.6 Å². The van der Waals surface area contributed by atoms with E-state index in [9.17, 15) is 18.4 Å². The fourth-order valence-electron chi connectivity index (χ4n) is 3.75. The summed E-state index contributed by atoms with van der Waals surface area (Å²) in [5.41, 5.74) is 3.76. The molecule has 4 aromatic rings. The Morgan fingerprint density at radius 2 is 1.67 bits per heavy atom. The molecule has 0 unspecified atom stereocenters. The van der Waals surface area contributed by atoms with Gasteiger partial charge < -0.3 is 10.2 Å². The van der Waals surface area contributed by atoms with Crippen LogP contribution in [-0.4, -0.2) is 16.8 Å². The van der Waals surface area contributed by atoms with Gasteiger partial charge in [0.1, 0.15) is 11.6 Å². The molecular formula is C29H25F2N3O2. The van der Waals surface area contributed by atoms with Gasteiger partial charge in [-0.05, 0) is 53.9 Å². The lowest BCUT2D eigenvalue weighted by Crippen LogP contribution is -2.31. The Kier molecular flexibility index (Phi) is 7.80. The first-order valence-electron chi connectivity index (χ1n) is 11.5. The number of hydrogen-bond acceptors (Lipinski definition) is 3. The largest absolute Gasteiger partial charge is 0.352 e. The molecular weight excluding hydrogens is 460 g/mol. The highest BCUT2D eigenvalue weighted by Gasteiger charge is 2.22. The normalized spacial score (nSPS) is 10.6. The van der Waals surface area contributed by atoms with Gasteiger partial charge in [-0.25, -0.2) is 8.78 Å². The molecule has 0 bridgehead atoms. The second kappa shape index (κ2) is 11.4. The van der Waals surface area contributed by atoms with Crippen LogP contribution in [0.15, 0.2) is 91.3 Å². The third kappa shape index (κ3) is 6.39. The van der Waals surface area contributed by atoms with Gasteiger partial charge in [0.15, 0.2) is 0 Å². The molecule has 0 fully saturated rings. The van der Waals surface area contributed by atoms with E-state index in [2.05, 4.69) is 10.3 Å². The van der Waals surface area contributed by atoms with Crippen LogP contribution in [0, 0.1) is 18.6 Å². The maximum Gasteiger partial charge on any atom is 0.261 e. The predicted molar refractivity (Wildman–Crippen MR) is 134 cm³/mol. The summed E-state index contributed by atoms with van der Waals surface area (Å²) in [5, 5.41) is 2.86. The summed E-state index contributed by atoms with van der Waals surface area (Å²) < 4.78 is 28.0. The highest BCUT2D eigenvalue weighted by Crippen LogP contribution is 2.24. The third-order valence-electron chi connectivity index (χ3n) is 5.67. The van der Waals surface area contributed by atoms with Gasteiger partial charge in [0.25, 0.3) is 5.91 Å². The first kappa shape index (κ1) is 24.7. The van der Waals surface area contributed by atoms with Crippen LogP contribution in [0.5, 0.6) is 0 Å². The number of nitrogens with zero attached hydrogens (tertiary/aromatic N) is 2. The minimum absolute atomic E-state index is 0.103. The quantitative estimate of drug-likeness (QED) is 0.365. The van der Waals surface area contributed by atoms with E-state index in [0.29, 0.717) is 23.9 Å². The number of halogens is 2. The summed E-state index contributed by atoms with van der Waals surface area (Å²) >= 11 is 0. The van der Waals surface area contributed by atoms with Crippen LogP contribution >= 0.6 is 0 Å². The summed E-state index contributed by atoms with van der Waals surface area (Å²) in [5.74, 6) is -2.48. The number of carbonyl (C=O) groups is 2. The zero-order valence-electron chi connectivity index (χ0n) is 19.7. The van der Waals surface area contributed by atoms with E-state index in [4.69, 9.17) is 0 Å². The number of pyridine rings is 1. The molecule has 0 saturated heterocycles. The summed E-state index contributed by atoms with van der Waals surface area (Å²) in [6.45, 7) is 2.49. The van der Waals surface area contributed by atoms with Gasteiger partial charge in [0.05, 0.1) is 18.5 Å². The van der Waals surface area contributed by atoms with E-state index in [1.165, 1.54) is 4.90 Å². The standard InChI is InChI=1S/C29H25F2N3O2/c1-20-7-9-21(10-8-20)19-34(29(36)26-12-11-24(30)16-27(26)31)25-6-2-4-22(14-25)15-28(35)33-18-23-5-3-13-32-17-23/h2-14,16-17H,15,18-19H2,1H3,(H,33,35). The van der Waals surface area contributed by atoms with Crippen molar-refractivity contribution in [1.82, 2.24) is 10.3 Å². The van der Waals surface area contributed by atoms with Crippen LogP contribution in [-0.2, 0) is 24.3 Å². The van der Waals surface area contributed by atoms with Crippen molar-refractivity contribution < 1.29 is 18.4 Å². The van der Waals surface area contributed by atoms with Crippen LogP contribution < -0.4 is 10.2 Å². The smallest absolute Gasteiger partial charge is 0.261 e. The van der Waals surface area contributed by atoms with Crippen molar-refractivity contribution in [3.05, 3.63) is 131 Å². The average molecular weight is 486 g/mol. The number of nitrogens with one attached hydrogen (secondary N) is 1. The van der Waals surface area contributed by atoms with Gasteiger partial charge >= 0.3 is 0 Å². The van der Waals surface area contributed by atoms with Crippen LogP contribution in [0.2, 0.25) is 0 Å². The molecule has 0 saturated carbocycles. The van der Waals surface area contributed by atoms with Crippen molar-refractivity contribution in [2.24, 2.45) is 0 Å². The Morgan fingerprint density at radius 3 is 2.39 bits per heavy atom. The Balaban J connectivity index is 1.57. The van der Waals surface area contributed by atoms with Gasteiger partial charge in [-0.2, -0.15) is 0 Å². The summed E-state index contributed by atoms with van der Waals surface area (Å²) in [4.78, 5) is 31.4. The van der Waals surface area contributed by atoms with Gasteiger partial charge in [-0.1, -0.05) is 48.0 Å². The maximum atomic E-state index is 14.5. The van der Waals surface area contributed by atoms with Crippen molar-refractivity contribution in [2.75, 3.05) is 4.90 Å². The monoisotopic (exact) mass is 485 g/mol. The van der Waals surface area contributed by atoms with E-state index in [-0.39, 0.29) is 24.4 Å². The minimum Gasteiger partial charge on any atom is -0.352 e. The number of aryl methyl sites for hydroxylation is 1.